The summed E-state index contributed by atoms with van der Waals surface area (Å²) >= 11 is 1.91. The third-order valence-corrected chi connectivity index (χ3v) is 3.74. The first-order valence-corrected chi connectivity index (χ1v) is 7.35. The second-order valence-corrected chi connectivity index (χ2v) is 7.01. The molecule has 0 aliphatic carbocycles. The van der Waals surface area contributed by atoms with Gasteiger partial charge in [0.15, 0.2) is 0 Å². The third-order valence-electron chi connectivity index (χ3n) is 2.40. The van der Waals surface area contributed by atoms with Crippen LogP contribution < -0.4 is 4.74 Å². The van der Waals surface area contributed by atoms with Crippen molar-refractivity contribution in [3.8, 4) is 17.6 Å². The van der Waals surface area contributed by atoms with E-state index in [2.05, 4.69) is 44.7 Å². The number of ether oxygens (including phenoxy) is 1. The number of rotatable bonds is 4. The van der Waals surface area contributed by atoms with Gasteiger partial charge in [0.05, 0.1) is 19.3 Å². The lowest BCUT2D eigenvalue weighted by molar-refractivity contribution is 0.305. The second kappa shape index (κ2) is 7.47. The number of methoxy groups -OCH3 is 1. The van der Waals surface area contributed by atoms with Crippen molar-refractivity contribution in [3.63, 3.8) is 0 Å². The monoisotopic (exact) mass is 278 g/mol. The lowest BCUT2D eigenvalue weighted by Crippen LogP contribution is -2.07. The Morgan fingerprint density at radius 3 is 2.63 bits per heavy atom. The van der Waals surface area contributed by atoms with Crippen LogP contribution >= 0.6 is 11.8 Å². The summed E-state index contributed by atoms with van der Waals surface area (Å²) in [6.07, 6.45) is 0.490. The van der Waals surface area contributed by atoms with E-state index < -0.39 is 0 Å². The van der Waals surface area contributed by atoms with Crippen molar-refractivity contribution in [1.82, 2.24) is 0 Å². The topological polar surface area (TPSA) is 29.5 Å². The Kier molecular flexibility index (Phi) is 6.27. The van der Waals surface area contributed by atoms with Gasteiger partial charge in [0.2, 0.25) is 0 Å². The van der Waals surface area contributed by atoms with Crippen LogP contribution in [0.25, 0.3) is 0 Å². The Morgan fingerprint density at radius 2 is 2.05 bits per heavy atom. The van der Waals surface area contributed by atoms with E-state index >= 15 is 0 Å². The van der Waals surface area contributed by atoms with Gasteiger partial charge in [-0.3, -0.25) is 0 Å². The second-order valence-electron chi connectivity index (χ2n) is 5.21. The number of hydrogen-bond donors (Lipinski definition) is 1. The normalized spacial score (nSPS) is 10.8. The predicted octanol–water partition coefficient (Wildman–Crippen LogP) is 3.46. The molecule has 0 saturated carbocycles. The van der Waals surface area contributed by atoms with Gasteiger partial charge in [-0.15, -0.1) is 0 Å². The molecule has 0 amide bonds. The standard InChI is InChI=1S/C16H22O2S/c1-16(2,3)19-12-13-8-9-15(18-4)14(11-13)7-5-6-10-17/h8-9,11,17H,6,10,12H2,1-4H3. The summed E-state index contributed by atoms with van der Waals surface area (Å²) < 4.78 is 5.56. The fourth-order valence-corrected chi connectivity index (χ4v) is 2.24. The van der Waals surface area contributed by atoms with Crippen LogP contribution in [-0.4, -0.2) is 23.6 Å². The van der Waals surface area contributed by atoms with Gasteiger partial charge in [-0.2, -0.15) is 11.8 Å². The Morgan fingerprint density at radius 1 is 1.32 bits per heavy atom. The van der Waals surface area contributed by atoms with Crippen LogP contribution in [0.3, 0.4) is 0 Å². The summed E-state index contributed by atoms with van der Waals surface area (Å²) in [5.41, 5.74) is 2.14. The molecule has 2 nitrogen and oxygen atoms in total. The summed E-state index contributed by atoms with van der Waals surface area (Å²) in [5.74, 6) is 7.74. The van der Waals surface area contributed by atoms with E-state index in [0.29, 0.717) is 6.42 Å². The van der Waals surface area contributed by atoms with Crippen LogP contribution in [0.4, 0.5) is 0 Å². The van der Waals surface area contributed by atoms with Crippen molar-refractivity contribution in [2.75, 3.05) is 13.7 Å². The van der Waals surface area contributed by atoms with Crippen LogP contribution in [0.15, 0.2) is 18.2 Å². The van der Waals surface area contributed by atoms with E-state index in [4.69, 9.17) is 9.84 Å². The molecule has 0 bridgehead atoms. The first-order chi connectivity index (χ1) is 8.96. The van der Waals surface area contributed by atoms with Crippen molar-refractivity contribution in [3.05, 3.63) is 29.3 Å². The zero-order chi connectivity index (χ0) is 14.3. The van der Waals surface area contributed by atoms with E-state index in [-0.39, 0.29) is 11.4 Å². The predicted molar refractivity (Wildman–Crippen MR) is 82.6 cm³/mol. The zero-order valence-corrected chi connectivity index (χ0v) is 12.9. The van der Waals surface area contributed by atoms with Crippen molar-refractivity contribution < 1.29 is 9.84 Å². The molecule has 3 heteroatoms. The molecule has 1 rings (SSSR count). The molecule has 1 aromatic carbocycles. The number of aliphatic hydroxyl groups excluding tert-OH is 1. The highest BCUT2D eigenvalue weighted by Crippen LogP contribution is 2.29. The minimum Gasteiger partial charge on any atom is -0.495 e. The highest BCUT2D eigenvalue weighted by atomic mass is 32.2. The summed E-state index contributed by atoms with van der Waals surface area (Å²) in [7, 11) is 1.65. The molecule has 0 fully saturated rings. The Bertz CT molecular complexity index is 464. The molecule has 0 radical (unpaired) electrons. The Balaban J connectivity index is 2.86. The van der Waals surface area contributed by atoms with Crippen LogP contribution in [0.5, 0.6) is 5.75 Å². The maximum absolute atomic E-state index is 8.76. The number of benzene rings is 1. The Labute approximate surface area is 120 Å². The average molecular weight is 278 g/mol. The van der Waals surface area contributed by atoms with Crippen LogP contribution in [-0.2, 0) is 5.75 Å². The summed E-state index contributed by atoms with van der Waals surface area (Å²) in [6, 6.07) is 6.11. The van der Waals surface area contributed by atoms with Crippen LogP contribution in [0, 0.1) is 11.8 Å². The highest BCUT2D eigenvalue weighted by molar-refractivity contribution is 7.99. The van der Waals surface area contributed by atoms with Gasteiger partial charge < -0.3 is 9.84 Å². The molecule has 0 spiro atoms. The maximum atomic E-state index is 8.76. The average Bonchev–Trinajstić information content (AvgIpc) is 2.36. The summed E-state index contributed by atoms with van der Waals surface area (Å²) in [5, 5.41) is 8.76. The van der Waals surface area contributed by atoms with Gasteiger partial charge in [-0.05, 0) is 17.7 Å². The maximum Gasteiger partial charge on any atom is 0.134 e. The smallest absolute Gasteiger partial charge is 0.134 e. The number of aliphatic hydroxyl groups is 1. The van der Waals surface area contributed by atoms with Crippen LogP contribution in [0.2, 0.25) is 0 Å². The van der Waals surface area contributed by atoms with E-state index in [9.17, 15) is 0 Å². The van der Waals surface area contributed by atoms with E-state index in [1.807, 2.05) is 17.8 Å². The molecule has 0 aliphatic heterocycles. The highest BCUT2D eigenvalue weighted by Gasteiger charge is 2.11. The van der Waals surface area contributed by atoms with Crippen LogP contribution in [0.1, 0.15) is 38.3 Å². The first-order valence-electron chi connectivity index (χ1n) is 6.37. The van der Waals surface area contributed by atoms with Crippen molar-refractivity contribution in [2.24, 2.45) is 0 Å². The molecule has 0 aliphatic rings. The van der Waals surface area contributed by atoms with Crippen molar-refractivity contribution in [1.29, 1.82) is 0 Å². The summed E-state index contributed by atoms with van der Waals surface area (Å²) in [6.45, 7) is 6.73. The molecule has 0 unspecified atom stereocenters. The van der Waals surface area contributed by atoms with Gasteiger partial charge in [0.1, 0.15) is 5.75 Å². The largest absolute Gasteiger partial charge is 0.495 e. The van der Waals surface area contributed by atoms with E-state index in [1.165, 1.54) is 5.56 Å². The van der Waals surface area contributed by atoms with Gasteiger partial charge in [0.25, 0.3) is 0 Å². The molecule has 0 aromatic heterocycles. The molecular formula is C16H22O2S. The van der Waals surface area contributed by atoms with Gasteiger partial charge >= 0.3 is 0 Å². The lowest BCUT2D eigenvalue weighted by atomic mass is 10.1. The molecular weight excluding hydrogens is 256 g/mol. The molecule has 0 atom stereocenters. The van der Waals surface area contributed by atoms with Gasteiger partial charge in [0, 0.05) is 16.9 Å². The molecule has 1 aromatic rings. The summed E-state index contributed by atoms with van der Waals surface area (Å²) in [4.78, 5) is 0. The lowest BCUT2D eigenvalue weighted by Gasteiger charge is -2.17. The SMILES string of the molecule is COc1ccc(CSC(C)(C)C)cc1C#CCCO. The molecule has 0 heterocycles. The van der Waals surface area contributed by atoms with Crippen molar-refractivity contribution >= 4 is 11.8 Å². The zero-order valence-electron chi connectivity index (χ0n) is 12.1. The third kappa shape index (κ3) is 6.04. The van der Waals surface area contributed by atoms with Gasteiger partial charge in [-0.25, -0.2) is 0 Å². The first kappa shape index (κ1) is 15.9. The van der Waals surface area contributed by atoms with E-state index in [1.54, 1.807) is 7.11 Å². The fourth-order valence-electron chi connectivity index (χ4n) is 1.46. The molecule has 104 valence electrons. The number of hydrogen-bond acceptors (Lipinski definition) is 3. The number of thioether (sulfide) groups is 1. The quantitative estimate of drug-likeness (QED) is 0.855. The van der Waals surface area contributed by atoms with Gasteiger partial charge in [-0.1, -0.05) is 38.7 Å². The molecule has 0 saturated heterocycles. The minimum atomic E-state index is 0.0921. The Hall–Kier alpha value is -1.11. The van der Waals surface area contributed by atoms with E-state index in [0.717, 1.165) is 17.1 Å². The fraction of sp³-hybridized carbons (Fsp3) is 0.500. The minimum absolute atomic E-state index is 0.0921. The van der Waals surface area contributed by atoms with Crippen molar-refractivity contribution in [2.45, 2.75) is 37.7 Å². The molecule has 19 heavy (non-hydrogen) atoms. The molecule has 1 N–H and O–H groups in total.